The van der Waals surface area contributed by atoms with Crippen molar-refractivity contribution in [3.05, 3.63) is 23.8 Å². The van der Waals surface area contributed by atoms with Crippen LogP contribution in [0.25, 0.3) is 0 Å². The van der Waals surface area contributed by atoms with E-state index in [1.54, 1.807) is 0 Å². The van der Waals surface area contributed by atoms with Gasteiger partial charge in [-0.1, -0.05) is 6.07 Å². The quantitative estimate of drug-likeness (QED) is 0.308. The summed E-state index contributed by atoms with van der Waals surface area (Å²) in [7, 11) is 1.33. The average molecular weight is 257 g/mol. The van der Waals surface area contributed by atoms with Gasteiger partial charge in [-0.2, -0.15) is 0 Å². The lowest BCUT2D eigenvalue weighted by molar-refractivity contribution is -0.418. The summed E-state index contributed by atoms with van der Waals surface area (Å²) in [5, 5.41) is 59.2. The first-order valence-corrected chi connectivity index (χ1v) is 5.23. The van der Waals surface area contributed by atoms with Gasteiger partial charge in [-0.3, -0.25) is 0 Å². The number of likely N-dealkylation sites (N-methyl/N-ethyl adjacent to an activating group) is 1. The monoisotopic (exact) mass is 257 g/mol. The van der Waals surface area contributed by atoms with Crippen LogP contribution in [0.4, 0.5) is 5.69 Å². The number of aliphatic hydroxyl groups is 5. The highest BCUT2D eigenvalue weighted by Crippen LogP contribution is 2.50. The maximum atomic E-state index is 10.1. The highest BCUT2D eigenvalue weighted by molar-refractivity contribution is 5.65. The Balaban J connectivity index is 2.83. The highest BCUT2D eigenvalue weighted by atomic mass is 16.6. The second-order valence-corrected chi connectivity index (χ2v) is 4.60. The summed E-state index contributed by atoms with van der Waals surface area (Å²) in [4.78, 5) is 1.03. The van der Waals surface area contributed by atoms with Crippen molar-refractivity contribution in [2.75, 3.05) is 11.9 Å². The van der Waals surface area contributed by atoms with E-state index in [4.69, 9.17) is 0 Å². The number of anilines is 1. The molecular weight excluding hydrogens is 242 g/mol. The molecule has 1 heterocycles. The number of aromatic hydroxyl groups is 1. The summed E-state index contributed by atoms with van der Waals surface area (Å²) in [5.41, 5.74) is -2.77. The van der Waals surface area contributed by atoms with Crippen LogP contribution in [-0.2, 0) is 5.79 Å². The molecule has 0 aromatic heterocycles. The molecule has 0 aliphatic carbocycles. The van der Waals surface area contributed by atoms with E-state index >= 15 is 0 Å². The van der Waals surface area contributed by atoms with E-state index in [1.165, 1.54) is 25.2 Å². The van der Waals surface area contributed by atoms with Crippen molar-refractivity contribution in [2.45, 2.75) is 24.2 Å². The van der Waals surface area contributed by atoms with Gasteiger partial charge in [0.25, 0.3) is 11.6 Å². The van der Waals surface area contributed by atoms with E-state index < -0.39 is 28.6 Å². The van der Waals surface area contributed by atoms with E-state index in [2.05, 4.69) is 0 Å². The van der Waals surface area contributed by atoms with Gasteiger partial charge in [-0.25, -0.2) is 0 Å². The zero-order valence-electron chi connectivity index (χ0n) is 9.86. The van der Waals surface area contributed by atoms with Crippen LogP contribution in [0, 0.1) is 0 Å². The molecule has 1 aromatic rings. The van der Waals surface area contributed by atoms with Gasteiger partial charge in [-0.05, 0) is 19.1 Å². The minimum atomic E-state index is -3.29. The van der Waals surface area contributed by atoms with E-state index in [0.29, 0.717) is 0 Å². The third kappa shape index (κ3) is 1.25. The van der Waals surface area contributed by atoms with Crippen molar-refractivity contribution in [2.24, 2.45) is 0 Å². The van der Waals surface area contributed by atoms with Crippen LogP contribution >= 0.6 is 0 Å². The Morgan fingerprint density at radius 2 is 1.61 bits per heavy atom. The van der Waals surface area contributed by atoms with Crippen LogP contribution in [-0.4, -0.2) is 49.2 Å². The minimum Gasteiger partial charge on any atom is -0.507 e. The molecule has 0 saturated heterocycles. The first-order chi connectivity index (χ1) is 8.05. The largest absolute Gasteiger partial charge is 0.507 e. The number of phenols is 1. The molecule has 0 radical (unpaired) electrons. The molecule has 0 amide bonds. The van der Waals surface area contributed by atoms with Gasteiger partial charge in [-0.15, -0.1) is 0 Å². The Morgan fingerprint density at radius 3 is 2.17 bits per heavy atom. The van der Waals surface area contributed by atoms with Gasteiger partial charge in [0.1, 0.15) is 5.75 Å². The van der Waals surface area contributed by atoms with Crippen LogP contribution in [0.3, 0.4) is 0 Å². The van der Waals surface area contributed by atoms with Gasteiger partial charge in [0, 0.05) is 7.05 Å². The lowest BCUT2D eigenvalue weighted by Crippen LogP contribution is -2.74. The zero-order valence-corrected chi connectivity index (χ0v) is 9.86. The van der Waals surface area contributed by atoms with Crippen LogP contribution < -0.4 is 4.90 Å². The third-order valence-corrected chi connectivity index (χ3v) is 3.53. The fraction of sp³-hybridized carbons (Fsp3) is 0.455. The van der Waals surface area contributed by atoms with E-state index in [0.717, 1.165) is 11.8 Å². The lowest BCUT2D eigenvalue weighted by atomic mass is 9.82. The number of nitrogens with zero attached hydrogens (tertiary/aromatic N) is 1. The normalized spacial score (nSPS) is 28.9. The molecule has 0 bridgehead atoms. The Morgan fingerprint density at radius 1 is 1.06 bits per heavy atom. The summed E-state index contributed by atoms with van der Waals surface area (Å²) >= 11 is 0. The van der Waals surface area contributed by atoms with Crippen molar-refractivity contribution >= 4 is 5.69 Å². The molecule has 1 unspecified atom stereocenters. The molecular formula is C11H15NO6. The molecule has 1 aliphatic heterocycles. The van der Waals surface area contributed by atoms with Crippen molar-refractivity contribution in [3.8, 4) is 5.75 Å². The smallest absolute Gasteiger partial charge is 0.272 e. The first kappa shape index (κ1) is 13.1. The van der Waals surface area contributed by atoms with E-state index in [9.17, 15) is 30.6 Å². The molecule has 0 fully saturated rings. The molecule has 1 aromatic carbocycles. The van der Waals surface area contributed by atoms with Gasteiger partial charge in [0.05, 0.1) is 11.3 Å². The fourth-order valence-electron chi connectivity index (χ4n) is 2.14. The second kappa shape index (κ2) is 3.34. The van der Waals surface area contributed by atoms with Crippen molar-refractivity contribution in [3.63, 3.8) is 0 Å². The molecule has 18 heavy (non-hydrogen) atoms. The second-order valence-electron chi connectivity index (χ2n) is 4.60. The van der Waals surface area contributed by atoms with Crippen LogP contribution in [0.5, 0.6) is 5.75 Å². The molecule has 1 atom stereocenters. The molecule has 2 rings (SSSR count). The lowest BCUT2D eigenvalue weighted by Gasteiger charge is -2.53. The summed E-state index contributed by atoms with van der Waals surface area (Å²) in [6.07, 6.45) is 0. The predicted octanol–water partition coefficient (Wildman–Crippen LogP) is -1.63. The minimum absolute atomic E-state index is 0.0729. The maximum Gasteiger partial charge on any atom is 0.272 e. The van der Waals surface area contributed by atoms with Gasteiger partial charge in [0.2, 0.25) is 0 Å². The Kier molecular flexibility index (Phi) is 2.42. The fourth-order valence-corrected chi connectivity index (χ4v) is 2.14. The van der Waals surface area contributed by atoms with Gasteiger partial charge in [0.15, 0.2) is 5.72 Å². The molecule has 6 N–H and O–H groups in total. The first-order valence-electron chi connectivity index (χ1n) is 5.23. The van der Waals surface area contributed by atoms with Crippen molar-refractivity contribution in [1.29, 1.82) is 0 Å². The maximum absolute atomic E-state index is 10.1. The van der Waals surface area contributed by atoms with Crippen molar-refractivity contribution in [1.82, 2.24) is 0 Å². The van der Waals surface area contributed by atoms with Crippen molar-refractivity contribution < 1.29 is 30.6 Å². The van der Waals surface area contributed by atoms with Gasteiger partial charge >= 0.3 is 0 Å². The van der Waals surface area contributed by atoms with Crippen LogP contribution in [0.2, 0.25) is 0 Å². The topological polar surface area (TPSA) is 125 Å². The molecule has 0 spiro atoms. The number of hydrogen-bond donors (Lipinski definition) is 6. The van der Waals surface area contributed by atoms with Crippen LogP contribution in [0.15, 0.2) is 18.2 Å². The SMILES string of the molecule is CN1c2cccc(O)c2C(O)(O)C(O)(O)C1(C)O. The number of hydrogen-bond acceptors (Lipinski definition) is 7. The number of benzene rings is 1. The summed E-state index contributed by atoms with van der Waals surface area (Å²) in [6, 6.07) is 4.00. The molecule has 0 saturated carbocycles. The molecule has 7 nitrogen and oxygen atoms in total. The van der Waals surface area contributed by atoms with Crippen LogP contribution in [0.1, 0.15) is 12.5 Å². The number of fused-ring (bicyclic) bond motifs is 1. The molecule has 100 valence electrons. The van der Waals surface area contributed by atoms with E-state index in [-0.39, 0.29) is 5.69 Å². The Bertz CT molecular complexity index is 496. The average Bonchev–Trinajstić information content (AvgIpc) is 2.25. The summed E-state index contributed by atoms with van der Waals surface area (Å²) in [6.45, 7) is 1.02. The zero-order chi connectivity index (χ0) is 13.9. The van der Waals surface area contributed by atoms with E-state index in [1.807, 2.05) is 0 Å². The Labute approximate surface area is 103 Å². The Hall–Kier alpha value is -1.38. The molecule has 1 aliphatic rings. The predicted molar refractivity (Wildman–Crippen MR) is 60.4 cm³/mol. The summed E-state index contributed by atoms with van der Waals surface area (Å²) in [5.74, 6) is -7.03. The standard InChI is InChI=1S/C11H15NO6/c1-9(14)11(17,18)10(15,16)8-6(12(9)2)4-3-5-7(8)13/h3-5,13-18H,1-2H3. The molecule has 7 heteroatoms. The highest BCUT2D eigenvalue weighted by Gasteiger charge is 2.67. The third-order valence-electron chi connectivity index (χ3n) is 3.53. The van der Waals surface area contributed by atoms with Gasteiger partial charge < -0.3 is 35.5 Å². The summed E-state index contributed by atoms with van der Waals surface area (Å²) < 4.78 is 0. The number of phenolic OH excluding ortho intramolecular Hbond substituents is 1. The number of rotatable bonds is 0.